The van der Waals surface area contributed by atoms with Crippen molar-refractivity contribution in [2.75, 3.05) is 18.0 Å². The van der Waals surface area contributed by atoms with E-state index in [-0.39, 0.29) is 17.7 Å². The third-order valence-electron chi connectivity index (χ3n) is 5.19. The standard InChI is InChI=1S/C18H22N4O3/c23-18(24)16-17(20-21-19-16)25-15-10-13(11-15)12-4-6-14(7-5-12)22-8-2-1-3-9-22/h4-7,13,15H,1-3,8-11H2,(H,23,24)(H,19,20,21). The van der Waals surface area contributed by atoms with Gasteiger partial charge >= 0.3 is 5.97 Å². The Labute approximate surface area is 146 Å². The molecule has 25 heavy (non-hydrogen) atoms. The van der Waals surface area contributed by atoms with Crippen LogP contribution in [0.15, 0.2) is 24.3 Å². The SMILES string of the molecule is O=C(O)c1[nH]nnc1OC1CC(c2ccc(N3CCCCC3)cc2)C1. The Balaban J connectivity index is 1.32. The number of nitrogens with zero attached hydrogens (tertiary/aromatic N) is 3. The molecule has 7 nitrogen and oxygen atoms in total. The Hall–Kier alpha value is -2.57. The van der Waals surface area contributed by atoms with E-state index in [2.05, 4.69) is 44.6 Å². The molecule has 1 aromatic heterocycles. The van der Waals surface area contributed by atoms with E-state index in [1.165, 1.54) is 30.5 Å². The zero-order valence-electron chi connectivity index (χ0n) is 14.0. The number of carboxylic acid groups (broad SMARTS) is 1. The highest BCUT2D eigenvalue weighted by molar-refractivity contribution is 5.87. The van der Waals surface area contributed by atoms with Gasteiger partial charge in [-0.25, -0.2) is 9.89 Å². The van der Waals surface area contributed by atoms with Crippen LogP contribution in [0.2, 0.25) is 0 Å². The van der Waals surface area contributed by atoms with Gasteiger partial charge in [-0.05, 0) is 55.7 Å². The number of hydrogen-bond donors (Lipinski definition) is 2. The largest absolute Gasteiger partial charge is 0.476 e. The molecule has 2 aliphatic rings. The molecule has 1 saturated carbocycles. The first-order valence-corrected chi connectivity index (χ1v) is 8.86. The van der Waals surface area contributed by atoms with Crippen LogP contribution in [-0.2, 0) is 0 Å². The number of benzene rings is 1. The number of aromatic carboxylic acids is 1. The minimum absolute atomic E-state index is 0.00466. The normalized spacial score (nSPS) is 23.1. The number of piperidine rings is 1. The molecule has 2 aromatic rings. The van der Waals surface area contributed by atoms with Crippen LogP contribution in [0.3, 0.4) is 0 Å². The summed E-state index contributed by atoms with van der Waals surface area (Å²) in [6, 6.07) is 8.86. The maximum absolute atomic E-state index is 11.0. The monoisotopic (exact) mass is 342 g/mol. The van der Waals surface area contributed by atoms with Gasteiger partial charge < -0.3 is 14.7 Å². The summed E-state index contributed by atoms with van der Waals surface area (Å²) in [6.45, 7) is 2.31. The average molecular weight is 342 g/mol. The fourth-order valence-corrected chi connectivity index (χ4v) is 3.64. The molecule has 0 radical (unpaired) electrons. The highest BCUT2D eigenvalue weighted by Crippen LogP contribution is 2.39. The molecule has 1 aliphatic carbocycles. The van der Waals surface area contributed by atoms with Crippen molar-refractivity contribution in [3.63, 3.8) is 0 Å². The number of nitrogens with one attached hydrogen (secondary N) is 1. The lowest BCUT2D eigenvalue weighted by atomic mass is 9.77. The number of H-pyrrole nitrogens is 1. The summed E-state index contributed by atoms with van der Waals surface area (Å²) in [4.78, 5) is 13.5. The summed E-state index contributed by atoms with van der Waals surface area (Å²) >= 11 is 0. The van der Waals surface area contributed by atoms with Gasteiger partial charge in [0.25, 0.3) is 5.88 Å². The van der Waals surface area contributed by atoms with Crippen molar-refractivity contribution >= 4 is 11.7 Å². The second-order valence-corrected chi connectivity index (χ2v) is 6.84. The molecule has 2 heterocycles. The molecule has 7 heteroatoms. The van der Waals surface area contributed by atoms with E-state index in [9.17, 15) is 4.79 Å². The zero-order chi connectivity index (χ0) is 17.2. The molecule has 2 N–H and O–H groups in total. The number of hydrogen-bond acceptors (Lipinski definition) is 5. The molecule has 0 atom stereocenters. The van der Waals surface area contributed by atoms with Gasteiger partial charge in [0.15, 0.2) is 0 Å². The first kappa shape index (κ1) is 15.9. The van der Waals surface area contributed by atoms with Crippen molar-refractivity contribution in [1.82, 2.24) is 15.4 Å². The second kappa shape index (κ2) is 6.74. The van der Waals surface area contributed by atoms with Gasteiger partial charge in [-0.3, -0.25) is 0 Å². The topological polar surface area (TPSA) is 91.3 Å². The van der Waals surface area contributed by atoms with Crippen molar-refractivity contribution < 1.29 is 14.6 Å². The minimum Gasteiger partial charge on any atom is -0.476 e. The third kappa shape index (κ3) is 3.31. The zero-order valence-corrected chi connectivity index (χ0v) is 14.0. The van der Waals surface area contributed by atoms with Gasteiger partial charge in [-0.15, -0.1) is 0 Å². The fraction of sp³-hybridized carbons (Fsp3) is 0.500. The number of anilines is 1. The maximum Gasteiger partial charge on any atom is 0.359 e. The third-order valence-corrected chi connectivity index (χ3v) is 5.19. The van der Waals surface area contributed by atoms with Crippen molar-refractivity contribution in [2.45, 2.75) is 44.1 Å². The van der Waals surface area contributed by atoms with Gasteiger partial charge in [0.05, 0.1) is 0 Å². The van der Waals surface area contributed by atoms with E-state index in [0.29, 0.717) is 5.92 Å². The smallest absolute Gasteiger partial charge is 0.359 e. The second-order valence-electron chi connectivity index (χ2n) is 6.84. The molecular weight excluding hydrogens is 320 g/mol. The summed E-state index contributed by atoms with van der Waals surface area (Å²) in [5.41, 5.74) is 2.54. The molecule has 4 rings (SSSR count). The van der Waals surface area contributed by atoms with E-state index < -0.39 is 5.97 Å². The Morgan fingerprint density at radius 2 is 1.88 bits per heavy atom. The summed E-state index contributed by atoms with van der Waals surface area (Å²) in [5, 5.41) is 18.6. The Morgan fingerprint density at radius 3 is 2.56 bits per heavy atom. The summed E-state index contributed by atoms with van der Waals surface area (Å²) in [7, 11) is 0. The predicted octanol–water partition coefficient (Wildman–Crippen LogP) is 2.82. The number of ether oxygens (including phenoxy) is 1. The first-order chi connectivity index (χ1) is 12.2. The lowest BCUT2D eigenvalue weighted by Crippen LogP contribution is -2.33. The summed E-state index contributed by atoms with van der Waals surface area (Å²) < 4.78 is 5.66. The van der Waals surface area contributed by atoms with Crippen LogP contribution < -0.4 is 9.64 Å². The molecule has 0 bridgehead atoms. The van der Waals surface area contributed by atoms with E-state index in [0.717, 1.165) is 25.9 Å². The molecule has 132 valence electrons. The number of aromatic amines is 1. The van der Waals surface area contributed by atoms with Crippen LogP contribution in [0.4, 0.5) is 5.69 Å². The van der Waals surface area contributed by atoms with Gasteiger partial charge in [0.1, 0.15) is 6.10 Å². The van der Waals surface area contributed by atoms with Crippen LogP contribution in [0.5, 0.6) is 5.88 Å². The number of rotatable bonds is 5. The van der Waals surface area contributed by atoms with E-state index in [1.807, 2.05) is 0 Å². The Morgan fingerprint density at radius 1 is 1.16 bits per heavy atom. The molecule has 1 aliphatic heterocycles. The molecule has 1 aromatic carbocycles. The molecule has 0 unspecified atom stereocenters. The summed E-state index contributed by atoms with van der Waals surface area (Å²) in [5.74, 6) is -0.568. The van der Waals surface area contributed by atoms with Crippen LogP contribution in [0.1, 0.15) is 54.1 Å². The van der Waals surface area contributed by atoms with E-state index in [1.54, 1.807) is 0 Å². The summed E-state index contributed by atoms with van der Waals surface area (Å²) in [6.07, 6.45) is 5.64. The molecule has 0 amide bonds. The maximum atomic E-state index is 11.0. The van der Waals surface area contributed by atoms with Gasteiger partial charge in [-0.2, -0.15) is 0 Å². The van der Waals surface area contributed by atoms with E-state index in [4.69, 9.17) is 9.84 Å². The van der Waals surface area contributed by atoms with Crippen LogP contribution in [0.25, 0.3) is 0 Å². The number of aromatic nitrogens is 3. The molecule has 2 fully saturated rings. The van der Waals surface area contributed by atoms with Crippen molar-refractivity contribution in [2.24, 2.45) is 0 Å². The fourth-order valence-electron chi connectivity index (χ4n) is 3.64. The van der Waals surface area contributed by atoms with E-state index >= 15 is 0 Å². The van der Waals surface area contributed by atoms with Crippen LogP contribution >= 0.6 is 0 Å². The quantitative estimate of drug-likeness (QED) is 0.868. The van der Waals surface area contributed by atoms with Gasteiger partial charge in [0.2, 0.25) is 5.69 Å². The van der Waals surface area contributed by atoms with Crippen molar-refractivity contribution in [3.05, 3.63) is 35.5 Å². The Kier molecular flexibility index (Phi) is 4.29. The van der Waals surface area contributed by atoms with Crippen molar-refractivity contribution in [1.29, 1.82) is 0 Å². The molecule has 1 saturated heterocycles. The highest BCUT2D eigenvalue weighted by atomic mass is 16.5. The van der Waals surface area contributed by atoms with Crippen molar-refractivity contribution in [3.8, 4) is 5.88 Å². The lowest BCUT2D eigenvalue weighted by Gasteiger charge is -2.35. The molecule has 0 spiro atoms. The number of carbonyl (C=O) groups is 1. The molecular formula is C18H22N4O3. The minimum atomic E-state index is -1.11. The first-order valence-electron chi connectivity index (χ1n) is 8.86. The Bertz CT molecular complexity index is 731. The van der Waals surface area contributed by atoms with Crippen LogP contribution in [0, 0.1) is 0 Å². The highest BCUT2D eigenvalue weighted by Gasteiger charge is 2.33. The predicted molar refractivity (Wildman–Crippen MR) is 92.2 cm³/mol. The van der Waals surface area contributed by atoms with Gasteiger partial charge in [0, 0.05) is 18.8 Å². The number of carboxylic acids is 1. The lowest BCUT2D eigenvalue weighted by molar-refractivity contribution is 0.0660. The average Bonchev–Trinajstić information content (AvgIpc) is 3.07. The van der Waals surface area contributed by atoms with Gasteiger partial charge in [-0.1, -0.05) is 22.4 Å². The van der Waals surface area contributed by atoms with Crippen LogP contribution in [-0.4, -0.2) is 45.7 Å².